The summed E-state index contributed by atoms with van der Waals surface area (Å²) in [6.07, 6.45) is -0.00279. The zero-order valence-electron chi connectivity index (χ0n) is 10.5. The maximum absolute atomic E-state index is 11.7. The van der Waals surface area contributed by atoms with E-state index in [0.717, 1.165) is 11.0 Å². The van der Waals surface area contributed by atoms with Crippen LogP contribution in [-0.2, 0) is 9.59 Å². The molecule has 1 fully saturated rings. The van der Waals surface area contributed by atoms with Gasteiger partial charge in [0, 0.05) is 19.2 Å². The summed E-state index contributed by atoms with van der Waals surface area (Å²) in [5, 5.41) is 22.4. The van der Waals surface area contributed by atoms with Gasteiger partial charge >= 0.3 is 0 Å². The molecule has 1 aromatic carbocycles. The monoisotopic (exact) mass is 274 g/mol. The molecule has 2 rings (SSSR count). The molecule has 0 radical (unpaired) electrons. The zero-order valence-corrected chi connectivity index (χ0v) is 10.5. The molecule has 1 saturated heterocycles. The number of nitrogens with zero attached hydrogens (tertiary/aromatic N) is 3. The van der Waals surface area contributed by atoms with E-state index in [1.165, 1.54) is 19.2 Å². The number of carbonyl (C=O) groups is 2. The number of hydrogen-bond acceptors (Lipinski definition) is 6. The van der Waals surface area contributed by atoms with E-state index in [0.29, 0.717) is 5.69 Å². The number of benzene rings is 1. The van der Waals surface area contributed by atoms with Gasteiger partial charge in [0.2, 0.25) is 5.91 Å². The Morgan fingerprint density at radius 1 is 1.50 bits per heavy atom. The topological polar surface area (TPSA) is 116 Å². The maximum atomic E-state index is 11.7. The van der Waals surface area contributed by atoms with Gasteiger partial charge in [-0.25, -0.2) is 0 Å². The fourth-order valence-electron chi connectivity index (χ4n) is 1.92. The van der Waals surface area contributed by atoms with Crippen molar-refractivity contribution in [3.05, 3.63) is 33.9 Å². The first-order valence-electron chi connectivity index (χ1n) is 5.69. The summed E-state index contributed by atoms with van der Waals surface area (Å²) in [4.78, 5) is 34.2. The van der Waals surface area contributed by atoms with Crippen LogP contribution in [0.15, 0.2) is 18.2 Å². The molecule has 102 valence electrons. The van der Waals surface area contributed by atoms with E-state index in [2.05, 4.69) is 5.32 Å². The van der Waals surface area contributed by atoms with Crippen LogP contribution in [0.1, 0.15) is 12.0 Å². The summed E-state index contributed by atoms with van der Waals surface area (Å²) in [6, 6.07) is 4.78. The Kier molecular flexibility index (Phi) is 3.35. The van der Waals surface area contributed by atoms with Gasteiger partial charge in [0.15, 0.2) is 0 Å². The number of likely N-dealkylation sites (N-methyl/N-ethyl adjacent to an activating group) is 1. The van der Waals surface area contributed by atoms with Gasteiger partial charge in [-0.2, -0.15) is 5.26 Å². The highest BCUT2D eigenvalue weighted by atomic mass is 16.6. The van der Waals surface area contributed by atoms with Gasteiger partial charge in [0.05, 0.1) is 22.6 Å². The standard InChI is InChI=1S/C12H10N4O4/c1-15-11(17)5-10(12(15)18)14-9-3-2-8(16(19)20)4-7(9)6-13/h2-4,10,14H,5H2,1H3. The van der Waals surface area contributed by atoms with Gasteiger partial charge in [-0.3, -0.25) is 24.6 Å². The Balaban J connectivity index is 2.27. The van der Waals surface area contributed by atoms with Crippen molar-refractivity contribution in [2.75, 3.05) is 12.4 Å². The molecule has 1 heterocycles. The second-order valence-corrected chi connectivity index (χ2v) is 4.29. The molecule has 1 aliphatic rings. The Morgan fingerprint density at radius 2 is 2.20 bits per heavy atom. The number of nitrogens with one attached hydrogen (secondary N) is 1. The summed E-state index contributed by atoms with van der Waals surface area (Å²) < 4.78 is 0. The maximum Gasteiger partial charge on any atom is 0.270 e. The number of nitro groups is 1. The normalized spacial score (nSPS) is 18.0. The van der Waals surface area contributed by atoms with Crippen molar-refractivity contribution in [2.24, 2.45) is 0 Å². The van der Waals surface area contributed by atoms with Crippen molar-refractivity contribution in [3.63, 3.8) is 0 Å². The number of carbonyl (C=O) groups excluding carboxylic acids is 2. The van der Waals surface area contributed by atoms with E-state index in [-0.39, 0.29) is 23.6 Å². The molecule has 0 bridgehead atoms. The third kappa shape index (κ3) is 2.29. The number of anilines is 1. The van der Waals surface area contributed by atoms with Crippen LogP contribution >= 0.6 is 0 Å². The molecule has 1 N–H and O–H groups in total. The van der Waals surface area contributed by atoms with Gasteiger partial charge in [0.25, 0.3) is 11.6 Å². The van der Waals surface area contributed by atoms with Gasteiger partial charge in [-0.05, 0) is 6.07 Å². The fourth-order valence-corrected chi connectivity index (χ4v) is 1.92. The fraction of sp³-hybridized carbons (Fsp3) is 0.250. The average Bonchev–Trinajstić information content (AvgIpc) is 2.66. The second-order valence-electron chi connectivity index (χ2n) is 4.29. The molecular formula is C12H10N4O4. The highest BCUT2D eigenvalue weighted by Crippen LogP contribution is 2.24. The van der Waals surface area contributed by atoms with Crippen molar-refractivity contribution < 1.29 is 14.5 Å². The van der Waals surface area contributed by atoms with Gasteiger partial charge in [-0.15, -0.1) is 0 Å². The number of hydrogen-bond donors (Lipinski definition) is 1. The van der Waals surface area contributed by atoms with Crippen molar-refractivity contribution in [2.45, 2.75) is 12.5 Å². The van der Waals surface area contributed by atoms with E-state index < -0.39 is 16.9 Å². The molecular weight excluding hydrogens is 264 g/mol. The first kappa shape index (κ1) is 13.5. The molecule has 8 nitrogen and oxygen atoms in total. The van der Waals surface area contributed by atoms with Crippen LogP contribution in [0.5, 0.6) is 0 Å². The van der Waals surface area contributed by atoms with Crippen LogP contribution in [-0.4, -0.2) is 34.7 Å². The lowest BCUT2D eigenvalue weighted by Gasteiger charge is -2.13. The van der Waals surface area contributed by atoms with Crippen LogP contribution in [0.25, 0.3) is 0 Å². The smallest absolute Gasteiger partial charge is 0.270 e. The minimum absolute atomic E-state index is 0.00279. The minimum atomic E-state index is -0.749. The quantitative estimate of drug-likeness (QED) is 0.491. The van der Waals surface area contributed by atoms with Crippen molar-refractivity contribution in [1.82, 2.24) is 4.90 Å². The second kappa shape index (κ2) is 4.97. The molecule has 2 amide bonds. The number of non-ortho nitro benzene ring substituents is 1. The van der Waals surface area contributed by atoms with Crippen LogP contribution in [0.3, 0.4) is 0 Å². The zero-order chi connectivity index (χ0) is 14.9. The van der Waals surface area contributed by atoms with E-state index in [1.807, 2.05) is 6.07 Å². The van der Waals surface area contributed by atoms with E-state index in [9.17, 15) is 19.7 Å². The van der Waals surface area contributed by atoms with Crippen LogP contribution in [0.4, 0.5) is 11.4 Å². The SMILES string of the molecule is CN1C(=O)CC(Nc2ccc([N+](=O)[O-])cc2C#N)C1=O. The number of nitro benzene ring substituents is 1. The van der Waals surface area contributed by atoms with E-state index in [4.69, 9.17) is 5.26 Å². The van der Waals surface area contributed by atoms with Gasteiger partial charge < -0.3 is 5.32 Å². The Labute approximate surface area is 113 Å². The summed E-state index contributed by atoms with van der Waals surface area (Å²) in [7, 11) is 1.38. The number of rotatable bonds is 3. The molecule has 1 atom stereocenters. The third-order valence-electron chi connectivity index (χ3n) is 3.05. The molecule has 20 heavy (non-hydrogen) atoms. The largest absolute Gasteiger partial charge is 0.372 e. The van der Waals surface area contributed by atoms with Crippen molar-refractivity contribution in [1.29, 1.82) is 5.26 Å². The molecule has 0 aliphatic carbocycles. The summed E-state index contributed by atoms with van der Waals surface area (Å²) >= 11 is 0. The van der Waals surface area contributed by atoms with Crippen LogP contribution in [0, 0.1) is 21.4 Å². The van der Waals surface area contributed by atoms with Crippen LogP contribution in [0.2, 0.25) is 0 Å². The molecule has 1 aromatic rings. The van der Waals surface area contributed by atoms with Crippen molar-refractivity contribution in [3.8, 4) is 6.07 Å². The average molecular weight is 274 g/mol. The molecule has 1 aliphatic heterocycles. The lowest BCUT2D eigenvalue weighted by atomic mass is 10.1. The van der Waals surface area contributed by atoms with E-state index in [1.54, 1.807) is 0 Å². The predicted molar refractivity (Wildman–Crippen MR) is 67.6 cm³/mol. The van der Waals surface area contributed by atoms with Gasteiger partial charge in [0.1, 0.15) is 12.1 Å². The van der Waals surface area contributed by atoms with Crippen LogP contribution < -0.4 is 5.32 Å². The summed E-state index contributed by atoms with van der Waals surface area (Å²) in [5.41, 5.74) is 0.131. The minimum Gasteiger partial charge on any atom is -0.372 e. The number of amides is 2. The highest BCUT2D eigenvalue weighted by Gasteiger charge is 2.36. The predicted octanol–water partition coefficient (Wildman–Crippen LogP) is 0.636. The Bertz CT molecular complexity index is 649. The number of imide groups is 1. The molecule has 0 saturated carbocycles. The first-order chi connectivity index (χ1) is 9.43. The number of likely N-dealkylation sites (tertiary alicyclic amines) is 1. The third-order valence-corrected chi connectivity index (χ3v) is 3.05. The number of nitriles is 1. The molecule has 8 heteroatoms. The first-order valence-corrected chi connectivity index (χ1v) is 5.69. The Morgan fingerprint density at radius 3 is 2.70 bits per heavy atom. The van der Waals surface area contributed by atoms with E-state index >= 15 is 0 Å². The lowest BCUT2D eigenvalue weighted by molar-refractivity contribution is -0.384. The Hall–Kier alpha value is -2.95. The van der Waals surface area contributed by atoms with Gasteiger partial charge in [-0.1, -0.05) is 0 Å². The highest BCUT2D eigenvalue weighted by molar-refractivity contribution is 6.06. The molecule has 0 spiro atoms. The molecule has 0 aromatic heterocycles. The lowest BCUT2D eigenvalue weighted by Crippen LogP contribution is -2.32. The summed E-state index contributed by atoms with van der Waals surface area (Å²) in [5.74, 6) is -0.704. The molecule has 1 unspecified atom stereocenters. The summed E-state index contributed by atoms with van der Waals surface area (Å²) in [6.45, 7) is 0. The van der Waals surface area contributed by atoms with Crippen molar-refractivity contribution >= 4 is 23.2 Å².